The van der Waals surface area contributed by atoms with E-state index < -0.39 is 11.9 Å². The molecule has 2 heterocycles. The van der Waals surface area contributed by atoms with Gasteiger partial charge in [0.1, 0.15) is 5.82 Å². The van der Waals surface area contributed by atoms with Crippen LogP contribution in [-0.4, -0.2) is 34.0 Å². The van der Waals surface area contributed by atoms with E-state index in [1.807, 2.05) is 17.8 Å². The SMILES string of the molecule is Cc1cnn(CCCNC(=O)C2CC(c3c(F)cccc3Cl)=NO2)c1. The Morgan fingerprint density at radius 2 is 2.36 bits per heavy atom. The van der Waals surface area contributed by atoms with Gasteiger partial charge in [-0.2, -0.15) is 5.10 Å². The summed E-state index contributed by atoms with van der Waals surface area (Å²) < 4.78 is 15.7. The predicted molar refractivity (Wildman–Crippen MR) is 92.0 cm³/mol. The molecule has 3 rings (SSSR count). The molecule has 0 saturated heterocycles. The number of rotatable bonds is 6. The number of nitrogens with zero attached hydrogens (tertiary/aromatic N) is 3. The molecule has 0 radical (unpaired) electrons. The number of oxime groups is 1. The summed E-state index contributed by atoms with van der Waals surface area (Å²) >= 11 is 6.01. The van der Waals surface area contributed by atoms with Crippen molar-refractivity contribution in [3.8, 4) is 0 Å². The number of benzene rings is 1. The Hall–Kier alpha value is -2.41. The van der Waals surface area contributed by atoms with Gasteiger partial charge in [0, 0.05) is 25.7 Å². The highest BCUT2D eigenvalue weighted by atomic mass is 35.5. The summed E-state index contributed by atoms with van der Waals surface area (Å²) in [5.74, 6) is -0.756. The molecular formula is C17H18ClFN4O2. The normalized spacial score (nSPS) is 16.4. The van der Waals surface area contributed by atoms with E-state index in [1.165, 1.54) is 12.1 Å². The quantitative estimate of drug-likeness (QED) is 0.801. The van der Waals surface area contributed by atoms with Crippen molar-refractivity contribution in [3.05, 3.63) is 52.6 Å². The van der Waals surface area contributed by atoms with Gasteiger partial charge in [-0.1, -0.05) is 22.8 Å². The fourth-order valence-electron chi connectivity index (χ4n) is 2.59. The summed E-state index contributed by atoms with van der Waals surface area (Å²) in [5, 5.41) is 11.1. The molecule has 132 valence electrons. The van der Waals surface area contributed by atoms with Gasteiger partial charge in [0.05, 0.1) is 22.5 Å². The highest BCUT2D eigenvalue weighted by molar-refractivity contribution is 6.34. The Morgan fingerprint density at radius 3 is 3.08 bits per heavy atom. The number of carbonyl (C=O) groups excluding carboxylic acids is 1. The summed E-state index contributed by atoms with van der Waals surface area (Å²) in [6.07, 6.45) is 3.90. The van der Waals surface area contributed by atoms with Gasteiger partial charge in [0.2, 0.25) is 6.10 Å². The van der Waals surface area contributed by atoms with Gasteiger partial charge in [-0.05, 0) is 31.0 Å². The third-order valence-electron chi connectivity index (χ3n) is 3.84. The molecule has 1 N–H and O–H groups in total. The zero-order valence-corrected chi connectivity index (χ0v) is 14.5. The van der Waals surface area contributed by atoms with Crippen LogP contribution in [0.25, 0.3) is 0 Å². The third-order valence-corrected chi connectivity index (χ3v) is 4.15. The lowest BCUT2D eigenvalue weighted by Crippen LogP contribution is -2.35. The molecule has 0 spiro atoms. The smallest absolute Gasteiger partial charge is 0.264 e. The van der Waals surface area contributed by atoms with Crippen LogP contribution in [-0.2, 0) is 16.2 Å². The Kier molecular flexibility index (Phi) is 5.33. The molecule has 6 nitrogen and oxygen atoms in total. The highest BCUT2D eigenvalue weighted by Crippen LogP contribution is 2.25. The maximum absolute atomic E-state index is 13.9. The first-order chi connectivity index (χ1) is 12.0. The van der Waals surface area contributed by atoms with Crippen molar-refractivity contribution >= 4 is 23.2 Å². The molecule has 1 aliphatic rings. The maximum Gasteiger partial charge on any atom is 0.264 e. The van der Waals surface area contributed by atoms with E-state index in [2.05, 4.69) is 15.6 Å². The first kappa shape index (κ1) is 17.4. The Balaban J connectivity index is 1.47. The number of carbonyl (C=O) groups is 1. The number of hydrogen-bond donors (Lipinski definition) is 1. The maximum atomic E-state index is 13.9. The minimum atomic E-state index is -0.766. The third kappa shape index (κ3) is 4.17. The lowest BCUT2D eigenvalue weighted by atomic mass is 10.0. The van der Waals surface area contributed by atoms with E-state index >= 15 is 0 Å². The summed E-state index contributed by atoms with van der Waals surface area (Å²) in [6, 6.07) is 4.39. The van der Waals surface area contributed by atoms with E-state index in [0.717, 1.165) is 12.0 Å². The van der Waals surface area contributed by atoms with Crippen molar-refractivity contribution in [2.45, 2.75) is 32.4 Å². The number of aromatic nitrogens is 2. The van der Waals surface area contributed by atoms with Gasteiger partial charge in [0.15, 0.2) is 0 Å². The molecule has 0 aliphatic carbocycles. The molecule has 0 fully saturated rings. The Bertz CT molecular complexity index is 785. The van der Waals surface area contributed by atoms with E-state index in [4.69, 9.17) is 16.4 Å². The van der Waals surface area contributed by atoms with Gasteiger partial charge >= 0.3 is 0 Å². The largest absolute Gasteiger partial charge is 0.382 e. The molecule has 25 heavy (non-hydrogen) atoms. The van der Waals surface area contributed by atoms with Crippen LogP contribution in [0.1, 0.15) is 24.0 Å². The second kappa shape index (κ2) is 7.65. The number of amides is 1. The number of halogens is 2. The molecule has 2 aromatic rings. The van der Waals surface area contributed by atoms with Crippen LogP contribution in [0.2, 0.25) is 5.02 Å². The van der Waals surface area contributed by atoms with Gasteiger partial charge in [-0.3, -0.25) is 9.48 Å². The van der Waals surface area contributed by atoms with Crippen molar-refractivity contribution in [1.29, 1.82) is 0 Å². The summed E-state index contributed by atoms with van der Waals surface area (Å²) in [7, 11) is 0. The van der Waals surface area contributed by atoms with Crippen molar-refractivity contribution in [3.63, 3.8) is 0 Å². The first-order valence-electron chi connectivity index (χ1n) is 7.98. The standard InChI is InChI=1S/C17H18ClFN4O2/c1-11-9-21-23(10-11)7-3-6-20-17(24)15-8-14(22-25-15)16-12(18)4-2-5-13(16)19/h2,4-5,9-10,15H,3,6-8H2,1H3,(H,20,24). The highest BCUT2D eigenvalue weighted by Gasteiger charge is 2.30. The lowest BCUT2D eigenvalue weighted by molar-refractivity contribution is -0.131. The Morgan fingerprint density at radius 1 is 1.52 bits per heavy atom. The molecule has 1 aromatic heterocycles. The minimum absolute atomic E-state index is 0.185. The Labute approximate surface area is 149 Å². The molecule has 1 unspecified atom stereocenters. The lowest BCUT2D eigenvalue weighted by Gasteiger charge is -2.09. The topological polar surface area (TPSA) is 68.5 Å². The molecule has 0 bridgehead atoms. The molecule has 1 atom stereocenters. The van der Waals surface area contributed by atoms with E-state index in [0.29, 0.717) is 18.8 Å². The zero-order chi connectivity index (χ0) is 17.8. The fourth-order valence-corrected chi connectivity index (χ4v) is 2.87. The minimum Gasteiger partial charge on any atom is -0.382 e. The fraction of sp³-hybridized carbons (Fsp3) is 0.353. The van der Waals surface area contributed by atoms with Crippen molar-refractivity contribution in [2.75, 3.05) is 6.54 Å². The molecule has 1 aliphatic heterocycles. The predicted octanol–water partition coefficient (Wildman–Crippen LogP) is 2.68. The van der Waals surface area contributed by atoms with Crippen LogP contribution in [0.5, 0.6) is 0 Å². The van der Waals surface area contributed by atoms with Gasteiger partial charge in [0.25, 0.3) is 5.91 Å². The van der Waals surface area contributed by atoms with Gasteiger partial charge in [-0.25, -0.2) is 4.39 Å². The van der Waals surface area contributed by atoms with Crippen LogP contribution >= 0.6 is 11.6 Å². The second-order valence-corrected chi connectivity index (χ2v) is 6.27. The number of aryl methyl sites for hydroxylation is 2. The van der Waals surface area contributed by atoms with Crippen molar-refractivity contribution in [1.82, 2.24) is 15.1 Å². The van der Waals surface area contributed by atoms with Crippen molar-refractivity contribution in [2.24, 2.45) is 5.16 Å². The summed E-state index contributed by atoms with van der Waals surface area (Å²) in [4.78, 5) is 17.3. The van der Waals surface area contributed by atoms with Crippen LogP contribution in [0.15, 0.2) is 35.7 Å². The zero-order valence-electron chi connectivity index (χ0n) is 13.7. The monoisotopic (exact) mass is 364 g/mol. The average molecular weight is 365 g/mol. The molecule has 8 heteroatoms. The van der Waals surface area contributed by atoms with E-state index in [9.17, 15) is 9.18 Å². The average Bonchev–Trinajstić information content (AvgIpc) is 3.21. The summed E-state index contributed by atoms with van der Waals surface area (Å²) in [5.41, 5.74) is 1.63. The molecular weight excluding hydrogens is 347 g/mol. The molecule has 1 aromatic carbocycles. The first-order valence-corrected chi connectivity index (χ1v) is 8.36. The number of nitrogens with one attached hydrogen (secondary N) is 1. The van der Waals surface area contributed by atoms with Gasteiger partial charge in [-0.15, -0.1) is 0 Å². The van der Waals surface area contributed by atoms with Crippen molar-refractivity contribution < 1.29 is 14.0 Å². The van der Waals surface area contributed by atoms with Crippen LogP contribution in [0.4, 0.5) is 4.39 Å². The van der Waals surface area contributed by atoms with E-state index in [1.54, 1.807) is 12.3 Å². The molecule has 1 amide bonds. The van der Waals surface area contributed by atoms with E-state index in [-0.39, 0.29) is 22.9 Å². The van der Waals surface area contributed by atoms with Crippen LogP contribution in [0.3, 0.4) is 0 Å². The molecule has 0 saturated carbocycles. The summed E-state index contributed by atoms with van der Waals surface area (Å²) in [6.45, 7) is 3.18. The van der Waals surface area contributed by atoms with Crippen LogP contribution in [0, 0.1) is 12.7 Å². The number of hydrogen-bond acceptors (Lipinski definition) is 4. The second-order valence-electron chi connectivity index (χ2n) is 5.86. The van der Waals surface area contributed by atoms with Crippen LogP contribution < -0.4 is 5.32 Å². The van der Waals surface area contributed by atoms with Gasteiger partial charge < -0.3 is 10.2 Å².